The van der Waals surface area contributed by atoms with Crippen molar-refractivity contribution in [2.24, 2.45) is 5.92 Å². The van der Waals surface area contributed by atoms with Crippen molar-refractivity contribution in [3.63, 3.8) is 0 Å². The molecule has 2 heterocycles. The average molecular weight is 327 g/mol. The van der Waals surface area contributed by atoms with E-state index in [4.69, 9.17) is 9.84 Å². The molecule has 0 aromatic carbocycles. The van der Waals surface area contributed by atoms with Crippen LogP contribution in [0.15, 0.2) is 0 Å². The van der Waals surface area contributed by atoms with Crippen LogP contribution in [0, 0.1) is 5.92 Å². The summed E-state index contributed by atoms with van der Waals surface area (Å²) < 4.78 is 5.31. The summed E-state index contributed by atoms with van der Waals surface area (Å²) in [6.07, 6.45) is 3.07. The van der Waals surface area contributed by atoms with Gasteiger partial charge in [0.05, 0.1) is 19.8 Å². The topological polar surface area (TPSA) is 56.3 Å². The molecular weight excluding hydrogens is 294 g/mol. The van der Waals surface area contributed by atoms with Crippen molar-refractivity contribution in [1.29, 1.82) is 0 Å². The number of carbonyl (C=O) groups is 1. The number of piperidine rings is 1. The van der Waals surface area contributed by atoms with E-state index in [9.17, 15) is 4.79 Å². The fourth-order valence-electron chi connectivity index (χ4n) is 3.42. The van der Waals surface area contributed by atoms with Crippen LogP contribution in [0.25, 0.3) is 0 Å². The van der Waals surface area contributed by atoms with E-state index in [0.29, 0.717) is 31.5 Å². The Morgan fingerprint density at radius 2 is 1.78 bits per heavy atom. The first-order chi connectivity index (χ1) is 11.2. The number of ether oxygens (including phenoxy) is 1. The number of hydrogen-bond donors (Lipinski definition) is 1. The number of carbonyl (C=O) groups excluding carboxylic acids is 1. The number of rotatable bonds is 8. The fraction of sp³-hybridized carbons (Fsp3) is 0.941. The van der Waals surface area contributed by atoms with Crippen molar-refractivity contribution in [2.45, 2.75) is 26.2 Å². The third kappa shape index (κ3) is 6.75. The zero-order chi connectivity index (χ0) is 16.5. The van der Waals surface area contributed by atoms with Crippen LogP contribution in [0.2, 0.25) is 0 Å². The third-order valence-electron chi connectivity index (χ3n) is 4.90. The van der Waals surface area contributed by atoms with Crippen LogP contribution < -0.4 is 0 Å². The monoisotopic (exact) mass is 327 g/mol. The molecule has 2 saturated heterocycles. The number of aliphatic hydroxyl groups is 1. The number of likely N-dealkylation sites (tertiary alicyclic amines) is 1. The molecule has 0 bridgehead atoms. The Balaban J connectivity index is 1.56. The standard InChI is InChI=1S/C17H33N3O3/c1-16-3-2-5-20(15-16)17(22)4-6-18-7-9-19(10-8-18)11-13-23-14-12-21/h16,21H,2-15H2,1H3/t16-/m0/s1. The van der Waals surface area contributed by atoms with E-state index >= 15 is 0 Å². The molecule has 0 aromatic rings. The maximum Gasteiger partial charge on any atom is 0.223 e. The summed E-state index contributed by atoms with van der Waals surface area (Å²) in [5.74, 6) is 0.987. The van der Waals surface area contributed by atoms with Gasteiger partial charge in [0.25, 0.3) is 0 Å². The van der Waals surface area contributed by atoms with Crippen LogP contribution in [0.1, 0.15) is 26.2 Å². The molecular formula is C17H33N3O3. The van der Waals surface area contributed by atoms with Crippen LogP contribution in [0.3, 0.4) is 0 Å². The molecule has 23 heavy (non-hydrogen) atoms. The Labute approximate surface area is 140 Å². The summed E-state index contributed by atoms with van der Waals surface area (Å²) in [7, 11) is 0. The minimum atomic E-state index is 0.0948. The van der Waals surface area contributed by atoms with E-state index in [0.717, 1.165) is 58.8 Å². The van der Waals surface area contributed by atoms with E-state index in [1.54, 1.807) is 0 Å². The number of aliphatic hydroxyl groups excluding tert-OH is 1. The zero-order valence-electron chi connectivity index (χ0n) is 14.6. The van der Waals surface area contributed by atoms with Crippen molar-refractivity contribution in [3.8, 4) is 0 Å². The van der Waals surface area contributed by atoms with Gasteiger partial charge in [-0.2, -0.15) is 0 Å². The molecule has 2 aliphatic rings. The first-order valence-corrected chi connectivity index (χ1v) is 9.10. The van der Waals surface area contributed by atoms with E-state index in [1.165, 1.54) is 6.42 Å². The molecule has 0 aliphatic carbocycles. The van der Waals surface area contributed by atoms with Gasteiger partial charge in [-0.1, -0.05) is 6.92 Å². The molecule has 0 unspecified atom stereocenters. The Morgan fingerprint density at radius 3 is 2.43 bits per heavy atom. The fourth-order valence-corrected chi connectivity index (χ4v) is 3.42. The first kappa shape index (κ1) is 18.6. The molecule has 2 aliphatic heterocycles. The quantitative estimate of drug-likeness (QED) is 0.648. The molecule has 0 saturated carbocycles. The largest absolute Gasteiger partial charge is 0.394 e. The molecule has 1 amide bonds. The van der Waals surface area contributed by atoms with Gasteiger partial charge in [-0.25, -0.2) is 0 Å². The van der Waals surface area contributed by atoms with Gasteiger partial charge in [0, 0.05) is 58.8 Å². The van der Waals surface area contributed by atoms with Crippen LogP contribution in [0.5, 0.6) is 0 Å². The Bertz CT molecular complexity index is 346. The molecule has 0 spiro atoms. The van der Waals surface area contributed by atoms with Gasteiger partial charge in [-0.05, 0) is 18.8 Å². The second-order valence-corrected chi connectivity index (χ2v) is 6.86. The van der Waals surface area contributed by atoms with Crippen LogP contribution >= 0.6 is 0 Å². The van der Waals surface area contributed by atoms with Crippen LogP contribution in [-0.4, -0.2) is 97.9 Å². The smallest absolute Gasteiger partial charge is 0.223 e. The number of amides is 1. The Morgan fingerprint density at radius 1 is 1.09 bits per heavy atom. The van der Waals surface area contributed by atoms with Gasteiger partial charge in [-0.15, -0.1) is 0 Å². The number of hydrogen-bond acceptors (Lipinski definition) is 5. The Hall–Kier alpha value is -0.690. The van der Waals surface area contributed by atoms with Gasteiger partial charge in [0.15, 0.2) is 0 Å². The summed E-state index contributed by atoms with van der Waals surface area (Å²) in [6.45, 7) is 11.3. The van der Waals surface area contributed by atoms with E-state index < -0.39 is 0 Å². The van der Waals surface area contributed by atoms with Crippen molar-refractivity contribution in [1.82, 2.24) is 14.7 Å². The van der Waals surface area contributed by atoms with Crippen molar-refractivity contribution >= 4 is 5.91 Å². The van der Waals surface area contributed by atoms with Crippen molar-refractivity contribution in [2.75, 3.05) is 72.2 Å². The van der Waals surface area contributed by atoms with Crippen molar-refractivity contribution < 1.29 is 14.6 Å². The number of nitrogens with zero attached hydrogens (tertiary/aromatic N) is 3. The highest BCUT2D eigenvalue weighted by atomic mass is 16.5. The summed E-state index contributed by atoms with van der Waals surface area (Å²) in [6, 6.07) is 0. The average Bonchev–Trinajstić information content (AvgIpc) is 2.57. The number of piperazine rings is 1. The van der Waals surface area contributed by atoms with Gasteiger partial charge < -0.3 is 19.6 Å². The SMILES string of the molecule is C[C@H]1CCCN(C(=O)CCN2CCN(CCOCCO)CC2)C1. The lowest BCUT2D eigenvalue weighted by Crippen LogP contribution is -2.48. The van der Waals surface area contributed by atoms with Gasteiger partial charge >= 0.3 is 0 Å². The predicted octanol–water partition coefficient (Wildman–Crippen LogP) is 0.262. The van der Waals surface area contributed by atoms with Gasteiger partial charge in [0.1, 0.15) is 0 Å². The molecule has 0 aromatic heterocycles. The second-order valence-electron chi connectivity index (χ2n) is 6.86. The second kappa shape index (κ2) is 10.2. The molecule has 134 valence electrons. The molecule has 1 N–H and O–H groups in total. The Kier molecular flexibility index (Phi) is 8.30. The normalized spacial score (nSPS) is 24.1. The lowest BCUT2D eigenvalue weighted by Gasteiger charge is -2.35. The van der Waals surface area contributed by atoms with Crippen LogP contribution in [-0.2, 0) is 9.53 Å². The minimum Gasteiger partial charge on any atom is -0.394 e. The predicted molar refractivity (Wildman–Crippen MR) is 90.4 cm³/mol. The zero-order valence-corrected chi connectivity index (χ0v) is 14.6. The molecule has 1 atom stereocenters. The molecule has 6 heteroatoms. The highest BCUT2D eigenvalue weighted by Crippen LogP contribution is 2.16. The third-order valence-corrected chi connectivity index (χ3v) is 4.90. The first-order valence-electron chi connectivity index (χ1n) is 9.10. The van der Waals surface area contributed by atoms with E-state index in [1.807, 2.05) is 0 Å². The van der Waals surface area contributed by atoms with Crippen molar-refractivity contribution in [3.05, 3.63) is 0 Å². The molecule has 2 fully saturated rings. The summed E-state index contributed by atoms with van der Waals surface area (Å²) in [5, 5.41) is 8.67. The highest BCUT2D eigenvalue weighted by Gasteiger charge is 2.22. The molecule has 2 rings (SSSR count). The van der Waals surface area contributed by atoms with E-state index in [-0.39, 0.29) is 6.61 Å². The summed E-state index contributed by atoms with van der Waals surface area (Å²) in [5.41, 5.74) is 0. The molecule has 0 radical (unpaired) electrons. The lowest BCUT2D eigenvalue weighted by molar-refractivity contribution is -0.133. The van der Waals surface area contributed by atoms with Gasteiger partial charge in [-0.3, -0.25) is 9.69 Å². The lowest BCUT2D eigenvalue weighted by atomic mass is 10.00. The highest BCUT2D eigenvalue weighted by molar-refractivity contribution is 5.76. The maximum atomic E-state index is 12.3. The van der Waals surface area contributed by atoms with Crippen LogP contribution in [0.4, 0.5) is 0 Å². The minimum absolute atomic E-state index is 0.0948. The van der Waals surface area contributed by atoms with Gasteiger partial charge in [0.2, 0.25) is 5.91 Å². The molecule has 6 nitrogen and oxygen atoms in total. The maximum absolute atomic E-state index is 12.3. The summed E-state index contributed by atoms with van der Waals surface area (Å²) >= 11 is 0. The summed E-state index contributed by atoms with van der Waals surface area (Å²) in [4.78, 5) is 19.2. The van der Waals surface area contributed by atoms with E-state index in [2.05, 4.69) is 21.6 Å².